The quantitative estimate of drug-likeness (QED) is 0.847. The minimum atomic E-state index is 0.0623. The van der Waals surface area contributed by atoms with Gasteiger partial charge in [-0.05, 0) is 54.0 Å². The molecule has 3 rings (SSSR count). The van der Waals surface area contributed by atoms with E-state index in [0.29, 0.717) is 5.92 Å². The molecule has 1 aliphatic carbocycles. The maximum Gasteiger partial charge on any atom is 0.0452 e. The van der Waals surface area contributed by atoms with Gasteiger partial charge in [-0.3, -0.25) is 0 Å². The van der Waals surface area contributed by atoms with Gasteiger partial charge in [-0.25, -0.2) is 0 Å². The molecule has 0 saturated carbocycles. The fourth-order valence-corrected chi connectivity index (χ4v) is 3.63. The summed E-state index contributed by atoms with van der Waals surface area (Å²) in [5.74, 6) is 0.391. The van der Waals surface area contributed by atoms with Gasteiger partial charge in [0.25, 0.3) is 0 Å². The second kappa shape index (κ2) is 5.77. The maximum absolute atomic E-state index is 6.45. The Kier molecular flexibility index (Phi) is 4.02. The van der Waals surface area contributed by atoms with E-state index in [9.17, 15) is 0 Å². The van der Waals surface area contributed by atoms with Crippen molar-refractivity contribution in [2.45, 2.75) is 25.3 Å². The highest BCUT2D eigenvalue weighted by atomic mass is 35.5. The zero-order valence-corrected chi connectivity index (χ0v) is 12.7. The van der Waals surface area contributed by atoms with Crippen molar-refractivity contribution in [3.05, 3.63) is 69.2 Å². The molecule has 0 bridgehead atoms. The van der Waals surface area contributed by atoms with Gasteiger partial charge in [-0.15, -0.1) is 0 Å². The Labute approximate surface area is 129 Å². The first-order valence-electron chi connectivity index (χ1n) is 6.93. The van der Waals surface area contributed by atoms with E-state index in [-0.39, 0.29) is 6.04 Å². The first-order valence-corrected chi connectivity index (χ1v) is 7.68. The van der Waals surface area contributed by atoms with Crippen LogP contribution in [0.25, 0.3) is 0 Å². The normalized spacial score (nSPS) is 21.6. The molecule has 104 valence electrons. The van der Waals surface area contributed by atoms with Crippen molar-refractivity contribution in [2.24, 2.45) is 11.7 Å². The summed E-state index contributed by atoms with van der Waals surface area (Å²) in [4.78, 5) is 0. The van der Waals surface area contributed by atoms with Gasteiger partial charge >= 0.3 is 0 Å². The molecule has 0 radical (unpaired) electrons. The van der Waals surface area contributed by atoms with Crippen LogP contribution in [0.15, 0.2) is 42.5 Å². The molecule has 0 spiro atoms. The second-order valence-corrected chi connectivity index (χ2v) is 6.24. The van der Waals surface area contributed by atoms with Crippen LogP contribution in [0.4, 0.5) is 0 Å². The molecule has 0 heterocycles. The van der Waals surface area contributed by atoms with Crippen LogP contribution in [-0.2, 0) is 12.8 Å². The Morgan fingerprint density at radius 2 is 1.70 bits per heavy atom. The van der Waals surface area contributed by atoms with Gasteiger partial charge in [0.15, 0.2) is 0 Å². The highest BCUT2D eigenvalue weighted by molar-refractivity contribution is 6.35. The number of benzene rings is 2. The summed E-state index contributed by atoms with van der Waals surface area (Å²) >= 11 is 12.5. The van der Waals surface area contributed by atoms with Crippen molar-refractivity contribution in [3.8, 4) is 0 Å². The Morgan fingerprint density at radius 3 is 2.45 bits per heavy atom. The summed E-state index contributed by atoms with van der Waals surface area (Å²) < 4.78 is 0. The summed E-state index contributed by atoms with van der Waals surface area (Å²) in [6.07, 6.45) is 3.00. The van der Waals surface area contributed by atoms with Gasteiger partial charge < -0.3 is 5.73 Å². The standard InChI is InChI=1S/C17H17Cl2N/c18-15-6-3-7-16(19)14(15)10-12-9-8-11-4-1-2-5-13(11)17(12)20/h1-7,12,17H,8-10,20H2. The fourth-order valence-electron chi connectivity index (χ4n) is 3.08. The molecule has 0 aliphatic heterocycles. The third-order valence-corrected chi connectivity index (χ3v) is 4.94. The van der Waals surface area contributed by atoms with Crippen molar-refractivity contribution in [1.29, 1.82) is 0 Å². The Morgan fingerprint density at radius 1 is 1.00 bits per heavy atom. The summed E-state index contributed by atoms with van der Waals surface area (Å²) in [7, 11) is 0. The summed E-state index contributed by atoms with van der Waals surface area (Å²) in [6, 6.07) is 14.2. The van der Waals surface area contributed by atoms with Crippen molar-refractivity contribution in [2.75, 3.05) is 0 Å². The second-order valence-electron chi connectivity index (χ2n) is 5.43. The molecule has 2 aromatic carbocycles. The van der Waals surface area contributed by atoms with Gasteiger partial charge in [-0.1, -0.05) is 53.5 Å². The summed E-state index contributed by atoms with van der Waals surface area (Å²) in [5.41, 5.74) is 10.1. The molecule has 3 heteroatoms. The van der Waals surface area contributed by atoms with E-state index in [2.05, 4.69) is 24.3 Å². The van der Waals surface area contributed by atoms with Gasteiger partial charge in [0.2, 0.25) is 0 Å². The Bertz CT molecular complexity index is 604. The zero-order valence-electron chi connectivity index (χ0n) is 11.2. The van der Waals surface area contributed by atoms with E-state index in [4.69, 9.17) is 28.9 Å². The van der Waals surface area contributed by atoms with Gasteiger partial charge in [0.1, 0.15) is 0 Å². The lowest BCUT2D eigenvalue weighted by Gasteiger charge is -2.31. The number of hydrogen-bond acceptors (Lipinski definition) is 1. The molecule has 2 unspecified atom stereocenters. The highest BCUT2D eigenvalue weighted by Gasteiger charge is 2.27. The van der Waals surface area contributed by atoms with Crippen LogP contribution in [0.5, 0.6) is 0 Å². The lowest BCUT2D eigenvalue weighted by Crippen LogP contribution is -2.28. The number of aryl methyl sites for hydroxylation is 1. The van der Waals surface area contributed by atoms with Crippen molar-refractivity contribution >= 4 is 23.2 Å². The van der Waals surface area contributed by atoms with Gasteiger partial charge in [0.05, 0.1) is 0 Å². The average Bonchev–Trinajstić information content (AvgIpc) is 2.45. The van der Waals surface area contributed by atoms with Crippen molar-refractivity contribution in [3.63, 3.8) is 0 Å². The number of nitrogens with two attached hydrogens (primary N) is 1. The SMILES string of the molecule is NC1c2ccccc2CCC1Cc1c(Cl)cccc1Cl. The van der Waals surface area contributed by atoms with Crippen LogP contribution in [0.2, 0.25) is 10.0 Å². The first-order chi connectivity index (χ1) is 9.66. The largest absolute Gasteiger partial charge is 0.324 e. The highest BCUT2D eigenvalue weighted by Crippen LogP contribution is 2.37. The molecule has 1 nitrogen and oxygen atoms in total. The predicted octanol–water partition coefficient (Wildman–Crippen LogP) is 4.80. The van der Waals surface area contributed by atoms with Crippen molar-refractivity contribution in [1.82, 2.24) is 0 Å². The molecule has 1 aliphatic rings. The monoisotopic (exact) mass is 305 g/mol. The molecule has 2 atom stereocenters. The van der Waals surface area contributed by atoms with E-state index < -0.39 is 0 Å². The van der Waals surface area contributed by atoms with E-state index >= 15 is 0 Å². The molecular weight excluding hydrogens is 289 g/mol. The zero-order chi connectivity index (χ0) is 14.1. The predicted molar refractivity (Wildman–Crippen MR) is 85.3 cm³/mol. The Hall–Kier alpha value is -1.02. The van der Waals surface area contributed by atoms with E-state index in [1.807, 2.05) is 18.2 Å². The van der Waals surface area contributed by atoms with Gasteiger partial charge in [0, 0.05) is 16.1 Å². The summed E-state index contributed by atoms with van der Waals surface area (Å²) in [6.45, 7) is 0. The fraction of sp³-hybridized carbons (Fsp3) is 0.294. The third kappa shape index (κ3) is 2.58. The minimum Gasteiger partial charge on any atom is -0.324 e. The van der Waals surface area contributed by atoms with Crippen LogP contribution in [0.1, 0.15) is 29.2 Å². The molecule has 20 heavy (non-hydrogen) atoms. The first kappa shape index (κ1) is 13.9. The third-order valence-electron chi connectivity index (χ3n) is 4.23. The summed E-state index contributed by atoms with van der Waals surface area (Å²) in [5, 5.41) is 1.48. The molecule has 0 fully saturated rings. The topological polar surface area (TPSA) is 26.0 Å². The molecule has 2 aromatic rings. The van der Waals surface area contributed by atoms with Crippen LogP contribution >= 0.6 is 23.2 Å². The van der Waals surface area contributed by atoms with E-state index in [1.165, 1.54) is 11.1 Å². The molecule has 0 amide bonds. The Balaban J connectivity index is 1.87. The average molecular weight is 306 g/mol. The molecule has 0 aromatic heterocycles. The molecule has 2 N–H and O–H groups in total. The number of fused-ring (bicyclic) bond motifs is 1. The molecule has 0 saturated heterocycles. The van der Waals surface area contributed by atoms with Crippen LogP contribution < -0.4 is 5.73 Å². The number of hydrogen-bond donors (Lipinski definition) is 1. The number of halogens is 2. The van der Waals surface area contributed by atoms with E-state index in [1.54, 1.807) is 0 Å². The van der Waals surface area contributed by atoms with Gasteiger partial charge in [-0.2, -0.15) is 0 Å². The lowest BCUT2D eigenvalue weighted by atomic mass is 9.77. The van der Waals surface area contributed by atoms with Crippen LogP contribution in [-0.4, -0.2) is 0 Å². The maximum atomic E-state index is 6.45. The van der Waals surface area contributed by atoms with E-state index in [0.717, 1.165) is 34.9 Å². The minimum absolute atomic E-state index is 0.0623. The lowest BCUT2D eigenvalue weighted by molar-refractivity contribution is 0.376. The smallest absolute Gasteiger partial charge is 0.0452 e. The molecular formula is C17H17Cl2N. The van der Waals surface area contributed by atoms with Crippen LogP contribution in [0.3, 0.4) is 0 Å². The van der Waals surface area contributed by atoms with Crippen molar-refractivity contribution < 1.29 is 0 Å². The van der Waals surface area contributed by atoms with Crippen LogP contribution in [0, 0.1) is 5.92 Å². The number of rotatable bonds is 2.